The molecule has 4 heteroatoms. The molecule has 1 aromatic rings. The highest BCUT2D eigenvalue weighted by molar-refractivity contribution is 5.79. The lowest BCUT2D eigenvalue weighted by Gasteiger charge is -2.23. The van der Waals surface area contributed by atoms with Crippen LogP contribution in [0.2, 0.25) is 0 Å². The Labute approximate surface area is 132 Å². The maximum absolute atomic E-state index is 12.2. The van der Waals surface area contributed by atoms with Crippen molar-refractivity contribution < 1.29 is 9.53 Å². The van der Waals surface area contributed by atoms with Crippen molar-refractivity contribution in [2.24, 2.45) is 5.92 Å². The molecule has 0 saturated carbocycles. The molecule has 1 N–H and O–H groups in total. The third-order valence-corrected chi connectivity index (χ3v) is 4.12. The summed E-state index contributed by atoms with van der Waals surface area (Å²) >= 11 is 0. The fraction of sp³-hybridized carbons (Fsp3) is 0.556. The van der Waals surface area contributed by atoms with Crippen LogP contribution < -0.4 is 5.32 Å². The number of hydrogen-bond donors (Lipinski definition) is 1. The molecule has 1 saturated heterocycles. The number of nitriles is 1. The minimum Gasteiger partial charge on any atom is -0.381 e. The van der Waals surface area contributed by atoms with Crippen LogP contribution in [0.3, 0.4) is 0 Å². The van der Waals surface area contributed by atoms with E-state index in [1.165, 1.54) is 5.56 Å². The van der Waals surface area contributed by atoms with Gasteiger partial charge in [0, 0.05) is 19.1 Å². The Morgan fingerprint density at radius 1 is 1.27 bits per heavy atom. The summed E-state index contributed by atoms with van der Waals surface area (Å²) in [4.78, 5) is 12.2. The van der Waals surface area contributed by atoms with Gasteiger partial charge in [-0.15, -0.1) is 0 Å². The van der Waals surface area contributed by atoms with Gasteiger partial charge in [-0.3, -0.25) is 4.79 Å². The van der Waals surface area contributed by atoms with Crippen LogP contribution >= 0.6 is 0 Å². The molecule has 118 valence electrons. The van der Waals surface area contributed by atoms with E-state index in [9.17, 15) is 10.1 Å². The number of ether oxygens (including phenoxy) is 1. The van der Waals surface area contributed by atoms with Gasteiger partial charge in [0.15, 0.2) is 0 Å². The zero-order valence-electron chi connectivity index (χ0n) is 13.6. The number of amides is 1. The third-order valence-electron chi connectivity index (χ3n) is 4.12. The molecular formula is C18H24N2O2. The van der Waals surface area contributed by atoms with Gasteiger partial charge in [-0.05, 0) is 29.4 Å². The first-order valence-electron chi connectivity index (χ1n) is 7.80. The number of rotatable bonds is 3. The van der Waals surface area contributed by atoms with Crippen molar-refractivity contribution in [3.63, 3.8) is 0 Å². The first kappa shape index (κ1) is 16.5. The standard InChI is InChI=1S/C18H24N2O2/c1-18(2,3)15-6-4-13(5-7-15)16(12-19)20-17(21)14-8-10-22-11-9-14/h4-7,14,16H,8-11H2,1-3H3,(H,20,21)/t16-/m0/s1. The van der Waals surface area contributed by atoms with Gasteiger partial charge in [-0.2, -0.15) is 5.26 Å². The molecule has 1 aliphatic rings. The lowest BCUT2D eigenvalue weighted by atomic mass is 9.86. The van der Waals surface area contributed by atoms with E-state index >= 15 is 0 Å². The number of nitrogens with one attached hydrogen (secondary N) is 1. The highest BCUT2D eigenvalue weighted by Crippen LogP contribution is 2.24. The van der Waals surface area contributed by atoms with Crippen molar-refractivity contribution in [2.45, 2.75) is 45.1 Å². The summed E-state index contributed by atoms with van der Waals surface area (Å²) in [6, 6.07) is 9.50. The molecule has 1 heterocycles. The SMILES string of the molecule is CC(C)(C)c1ccc([C@H](C#N)NC(=O)C2CCOCC2)cc1. The molecule has 22 heavy (non-hydrogen) atoms. The van der Waals surface area contributed by atoms with E-state index in [0.717, 1.165) is 18.4 Å². The Hall–Kier alpha value is -1.86. The van der Waals surface area contributed by atoms with Crippen LogP contribution in [0.5, 0.6) is 0 Å². The highest BCUT2D eigenvalue weighted by Gasteiger charge is 2.24. The van der Waals surface area contributed by atoms with E-state index in [4.69, 9.17) is 4.74 Å². The van der Waals surface area contributed by atoms with Crippen molar-refractivity contribution in [1.29, 1.82) is 5.26 Å². The first-order chi connectivity index (χ1) is 10.4. The molecule has 0 radical (unpaired) electrons. The largest absolute Gasteiger partial charge is 0.381 e. The van der Waals surface area contributed by atoms with Gasteiger partial charge >= 0.3 is 0 Å². The monoisotopic (exact) mass is 300 g/mol. The summed E-state index contributed by atoms with van der Waals surface area (Å²) in [6.45, 7) is 7.69. The lowest BCUT2D eigenvalue weighted by molar-refractivity contribution is -0.128. The second-order valence-corrected chi connectivity index (χ2v) is 6.83. The summed E-state index contributed by atoms with van der Waals surface area (Å²) in [5, 5.41) is 12.2. The fourth-order valence-corrected chi connectivity index (χ4v) is 2.59. The minimum absolute atomic E-state index is 0.0431. The molecule has 2 rings (SSSR count). The summed E-state index contributed by atoms with van der Waals surface area (Å²) in [6.07, 6.45) is 1.46. The number of carbonyl (C=O) groups is 1. The normalized spacial score (nSPS) is 17.5. The van der Waals surface area contributed by atoms with Crippen LogP contribution in [0, 0.1) is 17.2 Å². The maximum Gasteiger partial charge on any atom is 0.224 e. The van der Waals surface area contributed by atoms with Gasteiger partial charge in [0.1, 0.15) is 6.04 Å². The van der Waals surface area contributed by atoms with Crippen molar-refractivity contribution >= 4 is 5.91 Å². The third kappa shape index (κ3) is 4.08. The number of benzene rings is 1. The van der Waals surface area contributed by atoms with Gasteiger partial charge in [0.05, 0.1) is 6.07 Å². The average molecular weight is 300 g/mol. The molecule has 0 unspecified atom stereocenters. The molecule has 1 aliphatic heterocycles. The summed E-state index contributed by atoms with van der Waals surface area (Å²) in [5.74, 6) is -0.0896. The van der Waals surface area contributed by atoms with Gasteiger partial charge in [-0.1, -0.05) is 45.0 Å². The second kappa shape index (κ2) is 6.93. The van der Waals surface area contributed by atoms with Crippen LogP contribution in [0.15, 0.2) is 24.3 Å². The molecule has 1 fully saturated rings. The van der Waals surface area contributed by atoms with Crippen LogP contribution in [0.4, 0.5) is 0 Å². The van der Waals surface area contributed by atoms with Gasteiger partial charge in [0.25, 0.3) is 0 Å². The minimum atomic E-state index is -0.593. The molecule has 0 bridgehead atoms. The molecular weight excluding hydrogens is 276 g/mol. The Balaban J connectivity index is 2.05. The van der Waals surface area contributed by atoms with Crippen molar-refractivity contribution in [2.75, 3.05) is 13.2 Å². The summed E-state index contributed by atoms with van der Waals surface area (Å²) in [7, 11) is 0. The smallest absolute Gasteiger partial charge is 0.224 e. The van der Waals surface area contributed by atoms with Gasteiger partial charge < -0.3 is 10.1 Å². The van der Waals surface area contributed by atoms with Crippen LogP contribution in [0.1, 0.15) is 50.8 Å². The van der Waals surface area contributed by atoms with Gasteiger partial charge in [-0.25, -0.2) is 0 Å². The Bertz CT molecular complexity index is 546. The van der Waals surface area contributed by atoms with Crippen LogP contribution in [0.25, 0.3) is 0 Å². The van der Waals surface area contributed by atoms with Crippen molar-refractivity contribution in [1.82, 2.24) is 5.32 Å². The average Bonchev–Trinajstić information content (AvgIpc) is 2.52. The number of carbonyl (C=O) groups excluding carboxylic acids is 1. The summed E-state index contributed by atoms with van der Waals surface area (Å²) < 4.78 is 5.27. The lowest BCUT2D eigenvalue weighted by Crippen LogP contribution is -2.36. The highest BCUT2D eigenvalue weighted by atomic mass is 16.5. The van der Waals surface area contributed by atoms with Crippen LogP contribution in [-0.4, -0.2) is 19.1 Å². The molecule has 0 aromatic heterocycles. The summed E-state index contributed by atoms with van der Waals surface area (Å²) in [5.41, 5.74) is 2.12. The zero-order chi connectivity index (χ0) is 16.2. The second-order valence-electron chi connectivity index (χ2n) is 6.83. The Morgan fingerprint density at radius 3 is 2.36 bits per heavy atom. The quantitative estimate of drug-likeness (QED) is 0.933. The molecule has 4 nitrogen and oxygen atoms in total. The van der Waals surface area contributed by atoms with Crippen molar-refractivity contribution in [3.05, 3.63) is 35.4 Å². The Morgan fingerprint density at radius 2 is 1.86 bits per heavy atom. The molecule has 1 amide bonds. The van der Waals surface area contributed by atoms with Crippen molar-refractivity contribution in [3.8, 4) is 6.07 Å². The van der Waals surface area contributed by atoms with E-state index in [-0.39, 0.29) is 17.2 Å². The predicted octanol–water partition coefficient (Wildman–Crippen LogP) is 3.09. The van der Waals surface area contributed by atoms with E-state index in [0.29, 0.717) is 13.2 Å². The van der Waals surface area contributed by atoms with E-state index < -0.39 is 6.04 Å². The first-order valence-corrected chi connectivity index (χ1v) is 7.80. The zero-order valence-corrected chi connectivity index (χ0v) is 13.6. The topological polar surface area (TPSA) is 62.1 Å². The molecule has 1 aromatic carbocycles. The predicted molar refractivity (Wildman–Crippen MR) is 85.2 cm³/mol. The van der Waals surface area contributed by atoms with E-state index in [1.54, 1.807) is 0 Å². The maximum atomic E-state index is 12.2. The van der Waals surface area contributed by atoms with Crippen LogP contribution in [-0.2, 0) is 14.9 Å². The molecule has 0 aliphatic carbocycles. The molecule has 1 atom stereocenters. The van der Waals surface area contributed by atoms with E-state index in [2.05, 4.69) is 32.2 Å². The number of nitrogens with zero attached hydrogens (tertiary/aromatic N) is 1. The van der Waals surface area contributed by atoms with Gasteiger partial charge in [0.2, 0.25) is 5.91 Å². The molecule has 0 spiro atoms. The Kier molecular flexibility index (Phi) is 5.20. The fourth-order valence-electron chi connectivity index (χ4n) is 2.59. The number of hydrogen-bond acceptors (Lipinski definition) is 3. The van der Waals surface area contributed by atoms with E-state index in [1.807, 2.05) is 24.3 Å².